The van der Waals surface area contributed by atoms with Crippen molar-refractivity contribution in [3.8, 4) is 23.3 Å². The maximum atomic E-state index is 12.7. The van der Waals surface area contributed by atoms with E-state index >= 15 is 0 Å². The monoisotopic (exact) mass is 442 g/mol. The van der Waals surface area contributed by atoms with E-state index in [0.717, 1.165) is 12.0 Å². The summed E-state index contributed by atoms with van der Waals surface area (Å²) >= 11 is 0. The van der Waals surface area contributed by atoms with Crippen molar-refractivity contribution in [2.75, 3.05) is 19.0 Å². The molecule has 0 aliphatic rings. The maximum Gasteiger partial charge on any atom is 0.266 e. The van der Waals surface area contributed by atoms with Crippen LogP contribution in [0.2, 0.25) is 0 Å². The van der Waals surface area contributed by atoms with Crippen LogP contribution in [0, 0.1) is 11.3 Å². The number of anilines is 1. The topological polar surface area (TPSA) is 80.6 Å². The fraction of sp³-hybridized carbons (Fsp3) is 0.185. The van der Waals surface area contributed by atoms with Gasteiger partial charge in [-0.2, -0.15) is 5.26 Å². The molecule has 0 aromatic heterocycles. The molecule has 0 radical (unpaired) electrons. The molecule has 6 heteroatoms. The molecule has 3 rings (SSSR count). The number of hydrogen-bond donors (Lipinski definition) is 1. The summed E-state index contributed by atoms with van der Waals surface area (Å²) < 4.78 is 16.8. The number of nitrogens with one attached hydrogen (secondary N) is 1. The van der Waals surface area contributed by atoms with Gasteiger partial charge in [0.2, 0.25) is 0 Å². The Bertz CT molecular complexity index is 1130. The first kappa shape index (κ1) is 23.4. The summed E-state index contributed by atoms with van der Waals surface area (Å²) in [5.41, 5.74) is 2.22. The van der Waals surface area contributed by atoms with Crippen LogP contribution in [-0.4, -0.2) is 19.6 Å². The van der Waals surface area contributed by atoms with Gasteiger partial charge in [-0.3, -0.25) is 4.79 Å². The highest BCUT2D eigenvalue weighted by Gasteiger charge is 2.12. The smallest absolute Gasteiger partial charge is 0.266 e. The van der Waals surface area contributed by atoms with E-state index in [0.29, 0.717) is 41.7 Å². The van der Waals surface area contributed by atoms with Gasteiger partial charge >= 0.3 is 0 Å². The largest absolute Gasteiger partial charge is 0.497 e. The molecule has 3 aromatic carbocycles. The first-order chi connectivity index (χ1) is 16.1. The molecular formula is C27H26N2O4. The number of hydrogen-bond acceptors (Lipinski definition) is 5. The Labute approximate surface area is 194 Å². The highest BCUT2D eigenvalue weighted by atomic mass is 16.5. The zero-order valence-corrected chi connectivity index (χ0v) is 18.7. The summed E-state index contributed by atoms with van der Waals surface area (Å²) in [6.07, 6.45) is 2.34. The second-order valence-electron chi connectivity index (χ2n) is 7.17. The van der Waals surface area contributed by atoms with Crippen LogP contribution in [-0.2, 0) is 11.4 Å². The Balaban J connectivity index is 1.68. The van der Waals surface area contributed by atoms with E-state index in [9.17, 15) is 10.1 Å². The van der Waals surface area contributed by atoms with Crippen molar-refractivity contribution in [2.24, 2.45) is 0 Å². The molecule has 0 saturated carbocycles. The Morgan fingerprint density at radius 2 is 1.73 bits per heavy atom. The Kier molecular flexibility index (Phi) is 8.49. The molecular weight excluding hydrogens is 416 g/mol. The van der Waals surface area contributed by atoms with Crippen LogP contribution in [0.3, 0.4) is 0 Å². The van der Waals surface area contributed by atoms with Crippen LogP contribution in [0.15, 0.2) is 78.4 Å². The molecule has 168 valence electrons. The molecule has 0 atom stereocenters. The third kappa shape index (κ3) is 6.88. The van der Waals surface area contributed by atoms with Gasteiger partial charge in [0, 0.05) is 17.3 Å². The van der Waals surface area contributed by atoms with Crippen molar-refractivity contribution in [1.29, 1.82) is 5.26 Å². The van der Waals surface area contributed by atoms with Gasteiger partial charge in [0.15, 0.2) is 0 Å². The third-order valence-electron chi connectivity index (χ3n) is 4.71. The molecule has 0 saturated heterocycles. The lowest BCUT2D eigenvalue weighted by molar-refractivity contribution is -0.112. The van der Waals surface area contributed by atoms with Crippen LogP contribution >= 0.6 is 0 Å². The summed E-state index contributed by atoms with van der Waals surface area (Å²) in [5.74, 6) is 1.36. The van der Waals surface area contributed by atoms with Gasteiger partial charge in [-0.25, -0.2) is 0 Å². The summed E-state index contributed by atoms with van der Waals surface area (Å²) in [5, 5.41) is 12.3. The molecule has 0 fully saturated rings. The highest BCUT2D eigenvalue weighted by molar-refractivity contribution is 6.09. The van der Waals surface area contributed by atoms with Crippen LogP contribution in [0.4, 0.5) is 5.69 Å². The number of carbonyl (C=O) groups excluding carboxylic acids is 1. The number of ether oxygens (including phenoxy) is 3. The average Bonchev–Trinajstić information content (AvgIpc) is 2.86. The molecule has 6 nitrogen and oxygen atoms in total. The highest BCUT2D eigenvalue weighted by Crippen LogP contribution is 2.27. The van der Waals surface area contributed by atoms with E-state index in [1.807, 2.05) is 43.3 Å². The van der Waals surface area contributed by atoms with Crippen LogP contribution in [0.25, 0.3) is 6.08 Å². The zero-order chi connectivity index (χ0) is 23.5. The number of methoxy groups -OCH3 is 1. The van der Waals surface area contributed by atoms with Gasteiger partial charge in [0.25, 0.3) is 5.91 Å². The van der Waals surface area contributed by atoms with Gasteiger partial charge < -0.3 is 19.5 Å². The summed E-state index contributed by atoms with van der Waals surface area (Å²) in [7, 11) is 1.57. The summed E-state index contributed by atoms with van der Waals surface area (Å²) in [6, 6.07) is 24.1. The predicted molar refractivity (Wildman–Crippen MR) is 128 cm³/mol. The van der Waals surface area contributed by atoms with Crippen LogP contribution < -0.4 is 19.5 Å². The molecule has 1 amide bonds. The molecule has 33 heavy (non-hydrogen) atoms. The van der Waals surface area contributed by atoms with E-state index < -0.39 is 5.91 Å². The van der Waals surface area contributed by atoms with Gasteiger partial charge in [0.05, 0.1) is 13.7 Å². The minimum Gasteiger partial charge on any atom is -0.497 e. The van der Waals surface area contributed by atoms with Gasteiger partial charge in [-0.1, -0.05) is 37.3 Å². The minimum absolute atomic E-state index is 0.0362. The molecule has 0 unspecified atom stereocenters. The number of carbonyl (C=O) groups is 1. The fourth-order valence-corrected chi connectivity index (χ4v) is 2.98. The lowest BCUT2D eigenvalue weighted by atomic mass is 10.1. The lowest BCUT2D eigenvalue weighted by Crippen LogP contribution is -2.13. The van der Waals surface area contributed by atoms with Crippen molar-refractivity contribution in [3.05, 3.63) is 89.5 Å². The number of rotatable bonds is 10. The third-order valence-corrected chi connectivity index (χ3v) is 4.71. The van der Waals surface area contributed by atoms with Crippen LogP contribution in [0.5, 0.6) is 17.2 Å². The normalized spacial score (nSPS) is 10.8. The molecule has 0 aliphatic heterocycles. The van der Waals surface area contributed by atoms with Crippen LogP contribution in [0.1, 0.15) is 24.5 Å². The van der Waals surface area contributed by atoms with E-state index in [4.69, 9.17) is 14.2 Å². The molecule has 0 heterocycles. The van der Waals surface area contributed by atoms with E-state index in [2.05, 4.69) is 5.32 Å². The van der Waals surface area contributed by atoms with Gasteiger partial charge in [-0.15, -0.1) is 0 Å². The quantitative estimate of drug-likeness (QED) is 0.326. The number of nitrogens with zero attached hydrogens (tertiary/aromatic N) is 1. The molecule has 0 aliphatic carbocycles. The Morgan fingerprint density at radius 1 is 1.00 bits per heavy atom. The number of amides is 1. The van der Waals surface area contributed by atoms with Crippen molar-refractivity contribution in [2.45, 2.75) is 20.0 Å². The maximum absolute atomic E-state index is 12.7. The number of benzene rings is 3. The molecule has 0 bridgehead atoms. The molecule has 3 aromatic rings. The lowest BCUT2D eigenvalue weighted by Gasteiger charge is -2.11. The van der Waals surface area contributed by atoms with Crippen molar-refractivity contribution in [1.82, 2.24) is 0 Å². The number of nitriles is 1. The van der Waals surface area contributed by atoms with Crippen molar-refractivity contribution in [3.63, 3.8) is 0 Å². The van der Waals surface area contributed by atoms with Crippen molar-refractivity contribution < 1.29 is 19.0 Å². The van der Waals surface area contributed by atoms with E-state index in [1.165, 1.54) is 6.08 Å². The molecule has 1 N–H and O–H groups in total. The fourth-order valence-electron chi connectivity index (χ4n) is 2.98. The Hall–Kier alpha value is -4.24. The summed E-state index contributed by atoms with van der Waals surface area (Å²) in [4.78, 5) is 12.7. The van der Waals surface area contributed by atoms with Crippen molar-refractivity contribution >= 4 is 17.7 Å². The summed E-state index contributed by atoms with van der Waals surface area (Å²) in [6.45, 7) is 2.97. The predicted octanol–water partition coefficient (Wildman–Crippen LogP) is 5.61. The Morgan fingerprint density at radius 3 is 2.39 bits per heavy atom. The first-order valence-corrected chi connectivity index (χ1v) is 10.6. The van der Waals surface area contributed by atoms with Gasteiger partial charge in [-0.05, 0) is 54.5 Å². The zero-order valence-electron chi connectivity index (χ0n) is 18.7. The van der Waals surface area contributed by atoms with E-state index in [-0.39, 0.29) is 5.57 Å². The molecule has 0 spiro atoms. The average molecular weight is 443 g/mol. The van der Waals surface area contributed by atoms with Gasteiger partial charge in [0.1, 0.15) is 35.5 Å². The van der Waals surface area contributed by atoms with E-state index in [1.54, 1.807) is 49.6 Å². The first-order valence-electron chi connectivity index (χ1n) is 10.6. The SMILES string of the molecule is CCCOc1cc(OC)ccc1/C=C(\C#N)C(=O)Nc1ccc(OCc2ccccc2)cc1. The standard InChI is InChI=1S/C27H26N2O4/c1-3-15-32-26-17-25(31-2)12-9-21(26)16-22(18-28)27(30)29-23-10-13-24(14-11-23)33-19-20-7-5-4-6-8-20/h4-14,16-17H,3,15,19H2,1-2H3,(H,29,30)/b22-16+. The second-order valence-corrected chi connectivity index (χ2v) is 7.17. The minimum atomic E-state index is -0.507. The second kappa shape index (κ2) is 12.0.